The van der Waals surface area contributed by atoms with E-state index < -0.39 is 11.9 Å². The van der Waals surface area contributed by atoms with Gasteiger partial charge >= 0.3 is 5.97 Å². The lowest BCUT2D eigenvalue weighted by Gasteiger charge is -2.19. The van der Waals surface area contributed by atoms with E-state index in [4.69, 9.17) is 10.5 Å². The third-order valence-corrected chi connectivity index (χ3v) is 3.80. The molecule has 0 atom stereocenters. The highest BCUT2D eigenvalue weighted by Gasteiger charge is 2.22. The molecule has 0 bridgehead atoms. The van der Waals surface area contributed by atoms with Crippen LogP contribution in [-0.2, 0) is 9.53 Å². The Morgan fingerprint density at radius 3 is 2.10 bits per heavy atom. The van der Waals surface area contributed by atoms with E-state index in [-0.39, 0.29) is 0 Å². The molecule has 6 heteroatoms. The summed E-state index contributed by atoms with van der Waals surface area (Å²) in [6.07, 6.45) is 1.37. The summed E-state index contributed by atoms with van der Waals surface area (Å²) in [5.41, 5.74) is 8.62. The van der Waals surface area contributed by atoms with Crippen molar-refractivity contribution in [3.05, 3.63) is 28.3 Å². The van der Waals surface area contributed by atoms with Crippen LogP contribution in [0.25, 0.3) is 5.57 Å². The lowest BCUT2D eigenvalue weighted by atomic mass is 9.92. The molecule has 0 fully saturated rings. The zero-order valence-corrected chi connectivity index (χ0v) is 13.6. The summed E-state index contributed by atoms with van der Waals surface area (Å²) in [5.74, 6) is -0.735. The smallest absolute Gasteiger partial charge is 0.330 e. The first-order valence-corrected chi connectivity index (χ1v) is 6.67. The number of carbonyl (C=O) groups is 2. The van der Waals surface area contributed by atoms with Gasteiger partial charge in [0.2, 0.25) is 0 Å². The van der Waals surface area contributed by atoms with Gasteiger partial charge in [-0.1, -0.05) is 0 Å². The molecule has 0 heterocycles. The first-order chi connectivity index (χ1) is 9.76. The van der Waals surface area contributed by atoms with Gasteiger partial charge in [-0.05, 0) is 43.0 Å². The van der Waals surface area contributed by atoms with Crippen LogP contribution < -0.4 is 10.5 Å². The molecule has 0 saturated carbocycles. The van der Waals surface area contributed by atoms with Gasteiger partial charge in [0.1, 0.15) is 5.75 Å². The van der Waals surface area contributed by atoms with E-state index in [0.717, 1.165) is 11.1 Å². The van der Waals surface area contributed by atoms with Crippen molar-refractivity contribution in [2.24, 2.45) is 5.73 Å². The van der Waals surface area contributed by atoms with E-state index in [2.05, 4.69) is 17.4 Å². The number of ether oxygens (including phenoxy) is 2. The molecular weight excluding hydrogens is 290 g/mol. The molecule has 0 aromatic heterocycles. The second-order valence-electron chi connectivity index (χ2n) is 4.60. The van der Waals surface area contributed by atoms with E-state index in [1.165, 1.54) is 20.3 Å². The van der Waals surface area contributed by atoms with Crippen LogP contribution >= 0.6 is 12.6 Å². The maximum atomic E-state index is 11.6. The van der Waals surface area contributed by atoms with Crippen molar-refractivity contribution in [1.82, 2.24) is 0 Å². The fourth-order valence-corrected chi connectivity index (χ4v) is 2.79. The van der Waals surface area contributed by atoms with Gasteiger partial charge in [0.25, 0.3) is 5.91 Å². The van der Waals surface area contributed by atoms with Crippen LogP contribution in [0.1, 0.15) is 34.0 Å². The number of amides is 1. The van der Waals surface area contributed by atoms with Crippen molar-refractivity contribution >= 4 is 30.1 Å². The Hall–Kier alpha value is -1.95. The SMILES string of the molecule is COC(=O)C=C(C)c1c(C)c(C)c(C(N)=O)c(OC)c1S. The number of esters is 1. The number of hydrogen-bond acceptors (Lipinski definition) is 5. The van der Waals surface area contributed by atoms with Gasteiger partial charge < -0.3 is 15.2 Å². The van der Waals surface area contributed by atoms with E-state index in [1.54, 1.807) is 13.8 Å². The Balaban J connectivity index is 3.71. The van der Waals surface area contributed by atoms with Crippen molar-refractivity contribution in [3.63, 3.8) is 0 Å². The maximum absolute atomic E-state index is 11.6. The summed E-state index contributed by atoms with van der Waals surface area (Å²) in [7, 11) is 2.75. The topological polar surface area (TPSA) is 78.6 Å². The normalized spacial score (nSPS) is 11.2. The Kier molecular flexibility index (Phi) is 5.43. The molecule has 0 aliphatic carbocycles. The first kappa shape index (κ1) is 17.1. The Morgan fingerprint density at radius 2 is 1.67 bits per heavy atom. The highest BCUT2D eigenvalue weighted by molar-refractivity contribution is 7.80. The average molecular weight is 309 g/mol. The molecule has 0 spiro atoms. The van der Waals surface area contributed by atoms with Crippen LogP contribution in [0.3, 0.4) is 0 Å². The third kappa shape index (κ3) is 3.21. The van der Waals surface area contributed by atoms with Gasteiger partial charge in [-0.3, -0.25) is 4.79 Å². The quantitative estimate of drug-likeness (QED) is 0.508. The van der Waals surface area contributed by atoms with Crippen molar-refractivity contribution in [2.75, 3.05) is 14.2 Å². The van der Waals surface area contributed by atoms with Gasteiger partial charge in [0.05, 0.1) is 24.7 Å². The fraction of sp³-hybridized carbons (Fsp3) is 0.333. The molecule has 1 amide bonds. The van der Waals surface area contributed by atoms with Crippen molar-refractivity contribution < 1.29 is 19.1 Å². The lowest BCUT2D eigenvalue weighted by Crippen LogP contribution is -2.16. The number of primary amides is 1. The molecule has 0 radical (unpaired) electrons. The number of thiol groups is 1. The minimum Gasteiger partial charge on any atom is -0.495 e. The van der Waals surface area contributed by atoms with E-state index in [0.29, 0.717) is 27.3 Å². The van der Waals surface area contributed by atoms with Crippen LogP contribution in [0.15, 0.2) is 11.0 Å². The summed E-state index contributed by atoms with van der Waals surface area (Å²) in [6, 6.07) is 0. The van der Waals surface area contributed by atoms with Gasteiger partial charge in [0.15, 0.2) is 0 Å². The largest absolute Gasteiger partial charge is 0.495 e. The standard InChI is InChI=1S/C15H19NO4S/c1-7(6-10(17)19-4)11-8(2)9(3)12(15(16)18)13(20-5)14(11)21/h6,21H,1-5H3,(H2,16,18). The first-order valence-electron chi connectivity index (χ1n) is 6.22. The fourth-order valence-electron chi connectivity index (χ4n) is 2.24. The number of carbonyl (C=O) groups excluding carboxylic acids is 2. The predicted octanol–water partition coefficient (Wildman–Crippen LogP) is 2.28. The monoisotopic (exact) mass is 309 g/mol. The summed E-state index contributed by atoms with van der Waals surface area (Å²) in [5, 5.41) is 0. The number of nitrogens with two attached hydrogens (primary N) is 1. The highest BCUT2D eigenvalue weighted by atomic mass is 32.1. The molecule has 1 rings (SSSR count). The van der Waals surface area contributed by atoms with E-state index in [1.807, 2.05) is 6.92 Å². The molecule has 0 aliphatic heterocycles. The minimum absolute atomic E-state index is 0.301. The number of allylic oxidation sites excluding steroid dienone is 1. The van der Waals surface area contributed by atoms with Crippen molar-refractivity contribution in [1.29, 1.82) is 0 Å². The highest BCUT2D eigenvalue weighted by Crippen LogP contribution is 2.39. The maximum Gasteiger partial charge on any atom is 0.330 e. The lowest BCUT2D eigenvalue weighted by molar-refractivity contribution is -0.134. The Labute approximate surface area is 129 Å². The molecule has 0 aliphatic rings. The van der Waals surface area contributed by atoms with Crippen molar-refractivity contribution in [3.8, 4) is 5.75 Å². The van der Waals surface area contributed by atoms with Gasteiger partial charge in [0, 0.05) is 6.08 Å². The zero-order valence-electron chi connectivity index (χ0n) is 12.7. The zero-order chi connectivity index (χ0) is 16.3. The molecule has 5 nitrogen and oxygen atoms in total. The molecular formula is C15H19NO4S. The van der Waals surface area contributed by atoms with E-state index >= 15 is 0 Å². The Morgan fingerprint density at radius 1 is 1.14 bits per heavy atom. The van der Waals surface area contributed by atoms with Crippen LogP contribution in [0, 0.1) is 13.8 Å². The molecule has 114 valence electrons. The summed E-state index contributed by atoms with van der Waals surface area (Å²) in [4.78, 5) is 23.5. The molecule has 1 aromatic rings. The van der Waals surface area contributed by atoms with Gasteiger partial charge in [-0.15, -0.1) is 12.6 Å². The number of rotatable bonds is 4. The molecule has 1 aromatic carbocycles. The van der Waals surface area contributed by atoms with Gasteiger partial charge in [-0.2, -0.15) is 0 Å². The van der Waals surface area contributed by atoms with Crippen LogP contribution in [0.4, 0.5) is 0 Å². The summed E-state index contributed by atoms with van der Waals surface area (Å²) >= 11 is 4.44. The summed E-state index contributed by atoms with van der Waals surface area (Å²) in [6.45, 7) is 5.38. The van der Waals surface area contributed by atoms with Crippen molar-refractivity contribution in [2.45, 2.75) is 25.7 Å². The molecule has 2 N–H and O–H groups in total. The average Bonchev–Trinajstić information content (AvgIpc) is 2.41. The Bertz CT molecular complexity index is 635. The van der Waals surface area contributed by atoms with Crippen LogP contribution in [0.5, 0.6) is 5.75 Å². The second kappa shape index (κ2) is 6.67. The van der Waals surface area contributed by atoms with Gasteiger partial charge in [-0.25, -0.2) is 4.79 Å². The number of methoxy groups -OCH3 is 2. The molecule has 0 saturated heterocycles. The van der Waals surface area contributed by atoms with Crippen LogP contribution in [-0.4, -0.2) is 26.1 Å². The number of hydrogen-bond donors (Lipinski definition) is 2. The molecule has 21 heavy (non-hydrogen) atoms. The van der Waals surface area contributed by atoms with Crippen LogP contribution in [0.2, 0.25) is 0 Å². The third-order valence-electron chi connectivity index (χ3n) is 3.37. The number of benzene rings is 1. The molecule has 0 unspecified atom stereocenters. The van der Waals surface area contributed by atoms with E-state index in [9.17, 15) is 9.59 Å². The second-order valence-corrected chi connectivity index (χ2v) is 5.04. The predicted molar refractivity (Wildman–Crippen MR) is 83.9 cm³/mol. The minimum atomic E-state index is -0.580. The summed E-state index contributed by atoms with van der Waals surface area (Å²) < 4.78 is 9.90.